The second-order valence-corrected chi connectivity index (χ2v) is 5.64. The van der Waals surface area contributed by atoms with E-state index in [1.165, 1.54) is 6.42 Å². The summed E-state index contributed by atoms with van der Waals surface area (Å²) in [6, 6.07) is 0. The van der Waals surface area contributed by atoms with Crippen molar-refractivity contribution >= 4 is 35.8 Å². The molecule has 0 aromatic heterocycles. The van der Waals surface area contributed by atoms with Crippen LogP contribution in [0.15, 0.2) is 4.99 Å². The zero-order chi connectivity index (χ0) is 16.2. The minimum Gasteiger partial charge on any atom is -0.357 e. The molecule has 0 atom stereocenters. The number of likely N-dealkylation sites (tertiary alicyclic amines) is 1. The molecule has 0 aromatic rings. The average Bonchev–Trinajstić information content (AvgIpc) is 3.05. The van der Waals surface area contributed by atoms with E-state index in [0.717, 1.165) is 64.6 Å². The molecule has 1 saturated heterocycles. The Morgan fingerprint density at radius 2 is 1.83 bits per heavy atom. The van der Waals surface area contributed by atoms with Gasteiger partial charge in [-0.3, -0.25) is 4.79 Å². The van der Waals surface area contributed by atoms with Gasteiger partial charge in [0.05, 0.1) is 0 Å². The summed E-state index contributed by atoms with van der Waals surface area (Å²) in [5.41, 5.74) is 0. The molecule has 7 heteroatoms. The lowest BCUT2D eigenvalue weighted by molar-refractivity contribution is -0.128. The molecule has 0 aromatic carbocycles. The summed E-state index contributed by atoms with van der Waals surface area (Å²) < 4.78 is 0. The van der Waals surface area contributed by atoms with Crippen molar-refractivity contribution in [2.45, 2.75) is 40.0 Å². The smallest absolute Gasteiger partial charge is 0.244 e. The number of carbonyl (C=O) groups excluding carboxylic acids is 1. The lowest BCUT2D eigenvalue weighted by Gasteiger charge is -2.20. The lowest BCUT2D eigenvalue weighted by Crippen LogP contribution is -2.42. The normalized spacial score (nSPS) is 14.8. The molecule has 0 unspecified atom stereocenters. The summed E-state index contributed by atoms with van der Waals surface area (Å²) in [6.45, 7) is 13.3. The first kappa shape index (κ1) is 22.4. The molecule has 0 radical (unpaired) electrons. The second-order valence-electron chi connectivity index (χ2n) is 5.64. The van der Waals surface area contributed by atoms with Gasteiger partial charge in [0.25, 0.3) is 0 Å². The molecule has 136 valence electrons. The number of carbonyl (C=O) groups is 1. The van der Waals surface area contributed by atoms with Gasteiger partial charge in [-0.25, -0.2) is 4.99 Å². The molecule has 1 aliphatic rings. The topological polar surface area (TPSA) is 60.0 Å². The van der Waals surface area contributed by atoms with Gasteiger partial charge in [0, 0.05) is 32.7 Å². The summed E-state index contributed by atoms with van der Waals surface area (Å²) in [5.74, 6) is 0.874. The SMILES string of the molecule is CCCN(CC)CCNC(=NCC(=O)N1CCCC1)NCC.I. The third-order valence-corrected chi connectivity index (χ3v) is 3.88. The van der Waals surface area contributed by atoms with Crippen molar-refractivity contribution in [1.29, 1.82) is 0 Å². The maximum absolute atomic E-state index is 12.0. The molecule has 0 spiro atoms. The summed E-state index contributed by atoms with van der Waals surface area (Å²) >= 11 is 0. The Bertz CT molecular complexity index is 345. The van der Waals surface area contributed by atoms with Gasteiger partial charge < -0.3 is 20.4 Å². The number of nitrogens with zero attached hydrogens (tertiary/aromatic N) is 3. The van der Waals surface area contributed by atoms with Gasteiger partial charge >= 0.3 is 0 Å². The molecule has 1 heterocycles. The van der Waals surface area contributed by atoms with Crippen molar-refractivity contribution in [3.8, 4) is 0 Å². The summed E-state index contributed by atoms with van der Waals surface area (Å²) in [7, 11) is 0. The van der Waals surface area contributed by atoms with Crippen LogP contribution in [-0.4, -0.2) is 74.0 Å². The van der Waals surface area contributed by atoms with Crippen LogP contribution in [0.2, 0.25) is 0 Å². The van der Waals surface area contributed by atoms with Gasteiger partial charge in [-0.1, -0.05) is 13.8 Å². The summed E-state index contributed by atoms with van der Waals surface area (Å²) in [6.07, 6.45) is 3.42. The maximum Gasteiger partial charge on any atom is 0.244 e. The Morgan fingerprint density at radius 1 is 1.13 bits per heavy atom. The van der Waals surface area contributed by atoms with E-state index in [0.29, 0.717) is 0 Å². The maximum atomic E-state index is 12.0. The number of hydrogen-bond acceptors (Lipinski definition) is 3. The third kappa shape index (κ3) is 9.34. The van der Waals surface area contributed by atoms with Gasteiger partial charge in [0.2, 0.25) is 5.91 Å². The Hall–Kier alpha value is -0.570. The zero-order valence-electron chi connectivity index (χ0n) is 14.9. The fourth-order valence-corrected chi connectivity index (χ4v) is 2.63. The van der Waals surface area contributed by atoms with E-state index in [4.69, 9.17) is 0 Å². The molecule has 23 heavy (non-hydrogen) atoms. The number of aliphatic imine (C=N–C) groups is 1. The highest BCUT2D eigenvalue weighted by atomic mass is 127. The van der Waals surface area contributed by atoms with E-state index in [1.54, 1.807) is 0 Å². The highest BCUT2D eigenvalue weighted by Crippen LogP contribution is 2.07. The number of likely N-dealkylation sites (N-methyl/N-ethyl adjacent to an activating group) is 1. The summed E-state index contributed by atoms with van der Waals surface area (Å²) in [4.78, 5) is 20.8. The first-order valence-corrected chi connectivity index (χ1v) is 8.73. The van der Waals surface area contributed by atoms with E-state index in [1.807, 2.05) is 11.8 Å². The zero-order valence-corrected chi connectivity index (χ0v) is 17.3. The minimum absolute atomic E-state index is 0. The Balaban J connectivity index is 0.00000484. The van der Waals surface area contributed by atoms with Crippen LogP contribution in [0.25, 0.3) is 0 Å². The Labute approximate surface area is 158 Å². The highest BCUT2D eigenvalue weighted by molar-refractivity contribution is 14.0. The van der Waals surface area contributed by atoms with Gasteiger partial charge in [-0.15, -0.1) is 24.0 Å². The largest absolute Gasteiger partial charge is 0.357 e. The van der Waals surface area contributed by atoms with E-state index >= 15 is 0 Å². The molecule has 0 bridgehead atoms. The average molecular weight is 439 g/mol. The Kier molecular flexibility index (Phi) is 13.5. The first-order chi connectivity index (χ1) is 10.7. The molecule has 2 N–H and O–H groups in total. The van der Waals surface area contributed by atoms with Gasteiger partial charge in [0.15, 0.2) is 5.96 Å². The molecule has 1 amide bonds. The predicted octanol–water partition coefficient (Wildman–Crippen LogP) is 1.51. The van der Waals surface area contributed by atoms with E-state index < -0.39 is 0 Å². The van der Waals surface area contributed by atoms with Crippen molar-refractivity contribution in [2.24, 2.45) is 4.99 Å². The first-order valence-electron chi connectivity index (χ1n) is 8.73. The van der Waals surface area contributed by atoms with Crippen molar-refractivity contribution in [3.63, 3.8) is 0 Å². The molecule has 1 fully saturated rings. The van der Waals surface area contributed by atoms with Crippen LogP contribution in [-0.2, 0) is 4.79 Å². The minimum atomic E-state index is 0. The van der Waals surface area contributed by atoms with Crippen LogP contribution in [0, 0.1) is 0 Å². The highest BCUT2D eigenvalue weighted by Gasteiger charge is 2.17. The number of amides is 1. The molecule has 1 rings (SSSR count). The van der Waals surface area contributed by atoms with E-state index in [2.05, 4.69) is 34.4 Å². The quantitative estimate of drug-likeness (QED) is 0.325. The third-order valence-electron chi connectivity index (χ3n) is 3.88. The van der Waals surface area contributed by atoms with Crippen LogP contribution < -0.4 is 10.6 Å². The number of guanidine groups is 1. The summed E-state index contributed by atoms with van der Waals surface area (Å²) in [5, 5.41) is 6.52. The van der Waals surface area contributed by atoms with Crippen LogP contribution in [0.4, 0.5) is 0 Å². The molecule has 6 nitrogen and oxygen atoms in total. The Morgan fingerprint density at radius 3 is 2.39 bits per heavy atom. The van der Waals surface area contributed by atoms with E-state index in [9.17, 15) is 4.79 Å². The van der Waals surface area contributed by atoms with Crippen molar-refractivity contribution in [1.82, 2.24) is 20.4 Å². The van der Waals surface area contributed by atoms with E-state index in [-0.39, 0.29) is 36.4 Å². The van der Waals surface area contributed by atoms with Gasteiger partial charge in [-0.2, -0.15) is 0 Å². The number of nitrogens with one attached hydrogen (secondary N) is 2. The standard InChI is InChI=1S/C16H33N5O.HI/c1-4-10-20(6-3)13-9-18-16(17-5-2)19-14-15(22)21-11-7-8-12-21;/h4-14H2,1-3H3,(H2,17,18,19);1H. The molecular weight excluding hydrogens is 405 g/mol. The second kappa shape index (κ2) is 13.8. The predicted molar refractivity (Wildman–Crippen MR) is 108 cm³/mol. The lowest BCUT2D eigenvalue weighted by atomic mass is 10.4. The van der Waals surface area contributed by atoms with Crippen molar-refractivity contribution in [2.75, 3.05) is 52.4 Å². The fraction of sp³-hybridized carbons (Fsp3) is 0.875. The van der Waals surface area contributed by atoms with Gasteiger partial charge in [0.1, 0.15) is 6.54 Å². The number of rotatable bonds is 9. The number of hydrogen-bond donors (Lipinski definition) is 2. The number of halogens is 1. The van der Waals surface area contributed by atoms with Crippen LogP contribution in [0.1, 0.15) is 40.0 Å². The van der Waals surface area contributed by atoms with Crippen LogP contribution in [0.3, 0.4) is 0 Å². The molecule has 1 aliphatic heterocycles. The molecule has 0 saturated carbocycles. The fourth-order valence-electron chi connectivity index (χ4n) is 2.63. The van der Waals surface area contributed by atoms with Crippen molar-refractivity contribution in [3.05, 3.63) is 0 Å². The molecular formula is C16H34IN5O. The molecule has 0 aliphatic carbocycles. The van der Waals surface area contributed by atoms with Crippen LogP contribution >= 0.6 is 24.0 Å². The van der Waals surface area contributed by atoms with Gasteiger partial charge in [-0.05, 0) is 39.3 Å². The van der Waals surface area contributed by atoms with Crippen molar-refractivity contribution < 1.29 is 4.79 Å². The van der Waals surface area contributed by atoms with Crippen LogP contribution in [0.5, 0.6) is 0 Å². The monoisotopic (exact) mass is 439 g/mol.